The highest BCUT2D eigenvalue weighted by Crippen LogP contribution is 2.23. The Bertz CT molecular complexity index is 725. The molecular formula is C18H19ClN2O3. The number of benzene rings is 2. The molecular weight excluding hydrogens is 328 g/mol. The number of anilines is 2. The monoisotopic (exact) mass is 346 g/mol. The number of halogens is 1. The number of carbonyl (C=O) groups excluding carboxylic acids is 2. The first-order valence-corrected chi connectivity index (χ1v) is 7.73. The first-order chi connectivity index (χ1) is 11.3. The fourth-order valence-electron chi connectivity index (χ4n) is 1.89. The molecule has 0 aromatic heterocycles. The summed E-state index contributed by atoms with van der Waals surface area (Å²) in [6, 6.07) is 13.6. The summed E-state index contributed by atoms with van der Waals surface area (Å²) in [5.41, 5.74) is -0.0811. The molecule has 0 radical (unpaired) electrons. The van der Waals surface area contributed by atoms with Crippen LogP contribution < -0.4 is 15.4 Å². The van der Waals surface area contributed by atoms with Crippen molar-refractivity contribution in [1.29, 1.82) is 0 Å². The molecule has 0 aliphatic carbocycles. The van der Waals surface area contributed by atoms with Gasteiger partial charge in [0.2, 0.25) is 11.8 Å². The number of ether oxygens (including phenoxy) is 1. The molecule has 5 nitrogen and oxygen atoms in total. The number of amides is 2. The number of hydrogen-bond acceptors (Lipinski definition) is 3. The van der Waals surface area contributed by atoms with Crippen molar-refractivity contribution in [3.05, 3.63) is 53.6 Å². The van der Waals surface area contributed by atoms with E-state index in [1.807, 2.05) is 0 Å². The molecule has 2 amide bonds. The summed E-state index contributed by atoms with van der Waals surface area (Å²) in [6.07, 6.45) is 0. The van der Waals surface area contributed by atoms with Crippen molar-refractivity contribution < 1.29 is 14.3 Å². The molecule has 0 aliphatic heterocycles. The highest BCUT2D eigenvalue weighted by molar-refractivity contribution is 6.30. The Hall–Kier alpha value is -2.53. The number of hydrogen-bond donors (Lipinski definition) is 2. The van der Waals surface area contributed by atoms with Gasteiger partial charge in [0.15, 0.2) is 0 Å². The maximum absolute atomic E-state index is 12.5. The Kier molecular flexibility index (Phi) is 5.46. The van der Waals surface area contributed by atoms with Crippen LogP contribution in [0.25, 0.3) is 0 Å². The van der Waals surface area contributed by atoms with E-state index in [1.54, 1.807) is 69.5 Å². The average Bonchev–Trinajstić information content (AvgIpc) is 2.57. The van der Waals surface area contributed by atoms with E-state index < -0.39 is 17.2 Å². The van der Waals surface area contributed by atoms with Gasteiger partial charge in [-0.15, -0.1) is 0 Å². The molecule has 2 aromatic carbocycles. The van der Waals surface area contributed by atoms with Crippen molar-refractivity contribution in [1.82, 2.24) is 0 Å². The van der Waals surface area contributed by atoms with Crippen LogP contribution in [0.4, 0.5) is 11.4 Å². The van der Waals surface area contributed by atoms with Crippen LogP contribution in [0.2, 0.25) is 5.02 Å². The second kappa shape index (κ2) is 7.36. The third-order valence-electron chi connectivity index (χ3n) is 3.59. The highest BCUT2D eigenvalue weighted by Gasteiger charge is 2.36. The van der Waals surface area contributed by atoms with Crippen LogP contribution in [0.5, 0.6) is 5.75 Å². The molecule has 0 heterocycles. The van der Waals surface area contributed by atoms with Crippen LogP contribution in [0.1, 0.15) is 13.8 Å². The molecule has 0 atom stereocenters. The van der Waals surface area contributed by atoms with Crippen LogP contribution in [-0.2, 0) is 9.59 Å². The van der Waals surface area contributed by atoms with Gasteiger partial charge in [-0.1, -0.05) is 11.6 Å². The van der Waals surface area contributed by atoms with E-state index in [0.29, 0.717) is 22.1 Å². The Morgan fingerprint density at radius 3 is 1.71 bits per heavy atom. The molecule has 0 saturated carbocycles. The van der Waals surface area contributed by atoms with Crippen molar-refractivity contribution in [3.8, 4) is 5.75 Å². The molecule has 0 saturated heterocycles. The Labute approximate surface area is 146 Å². The number of methoxy groups -OCH3 is 1. The largest absolute Gasteiger partial charge is 0.497 e. The van der Waals surface area contributed by atoms with Gasteiger partial charge in [-0.25, -0.2) is 0 Å². The summed E-state index contributed by atoms with van der Waals surface area (Å²) in [5, 5.41) is 6.02. The second-order valence-corrected chi connectivity index (χ2v) is 6.21. The first kappa shape index (κ1) is 17.8. The van der Waals surface area contributed by atoms with Gasteiger partial charge in [-0.2, -0.15) is 0 Å². The highest BCUT2D eigenvalue weighted by atomic mass is 35.5. The number of rotatable bonds is 5. The number of carbonyl (C=O) groups is 2. The second-order valence-electron chi connectivity index (χ2n) is 5.77. The molecule has 2 rings (SSSR count). The van der Waals surface area contributed by atoms with Crippen LogP contribution in [0.3, 0.4) is 0 Å². The van der Waals surface area contributed by atoms with E-state index in [4.69, 9.17) is 16.3 Å². The molecule has 24 heavy (non-hydrogen) atoms. The van der Waals surface area contributed by atoms with Gasteiger partial charge in [0, 0.05) is 16.4 Å². The van der Waals surface area contributed by atoms with Crippen LogP contribution in [0, 0.1) is 5.41 Å². The van der Waals surface area contributed by atoms with E-state index in [-0.39, 0.29) is 0 Å². The lowest BCUT2D eigenvalue weighted by Crippen LogP contribution is -2.41. The van der Waals surface area contributed by atoms with Gasteiger partial charge in [0.25, 0.3) is 0 Å². The summed E-state index contributed by atoms with van der Waals surface area (Å²) in [6.45, 7) is 3.13. The molecule has 0 aliphatic rings. The zero-order chi connectivity index (χ0) is 17.7. The minimum absolute atomic E-state index is 0.404. The van der Waals surface area contributed by atoms with Gasteiger partial charge < -0.3 is 15.4 Å². The van der Waals surface area contributed by atoms with Gasteiger partial charge in [-0.3, -0.25) is 9.59 Å². The fourth-order valence-corrected chi connectivity index (χ4v) is 2.01. The summed E-state index contributed by atoms with van der Waals surface area (Å²) >= 11 is 5.81. The predicted molar refractivity (Wildman–Crippen MR) is 95.5 cm³/mol. The van der Waals surface area contributed by atoms with Crippen molar-refractivity contribution in [3.63, 3.8) is 0 Å². The lowest BCUT2D eigenvalue weighted by atomic mass is 9.90. The Morgan fingerprint density at radius 1 is 0.875 bits per heavy atom. The third kappa shape index (κ3) is 4.26. The summed E-state index contributed by atoms with van der Waals surface area (Å²) in [4.78, 5) is 24.9. The van der Waals surface area contributed by atoms with Crippen LogP contribution >= 0.6 is 11.6 Å². The van der Waals surface area contributed by atoms with E-state index in [0.717, 1.165) is 0 Å². The van der Waals surface area contributed by atoms with Crippen molar-refractivity contribution in [2.24, 2.45) is 5.41 Å². The lowest BCUT2D eigenvalue weighted by molar-refractivity contribution is -0.135. The van der Waals surface area contributed by atoms with Gasteiger partial charge in [0.05, 0.1) is 7.11 Å². The van der Waals surface area contributed by atoms with Gasteiger partial charge >= 0.3 is 0 Å². The zero-order valence-corrected chi connectivity index (χ0v) is 14.5. The lowest BCUT2D eigenvalue weighted by Gasteiger charge is -2.22. The maximum atomic E-state index is 12.5. The van der Waals surface area contributed by atoms with Gasteiger partial charge in [0.1, 0.15) is 11.2 Å². The Morgan fingerprint density at radius 2 is 1.29 bits per heavy atom. The Balaban J connectivity index is 2.05. The molecule has 2 aromatic rings. The zero-order valence-electron chi connectivity index (χ0n) is 13.7. The van der Waals surface area contributed by atoms with Gasteiger partial charge in [-0.05, 0) is 62.4 Å². The third-order valence-corrected chi connectivity index (χ3v) is 3.84. The summed E-state index contributed by atoms with van der Waals surface area (Å²) < 4.78 is 5.07. The standard InChI is InChI=1S/C18H19ClN2O3/c1-18(2,16(22)20-13-6-4-12(19)5-7-13)17(23)21-14-8-10-15(24-3)11-9-14/h4-11H,1-3H3,(H,20,22)(H,21,23). The van der Waals surface area contributed by atoms with Crippen molar-refractivity contribution in [2.75, 3.05) is 17.7 Å². The quantitative estimate of drug-likeness (QED) is 0.805. The maximum Gasteiger partial charge on any atom is 0.239 e. The average molecular weight is 347 g/mol. The normalized spacial score (nSPS) is 10.8. The minimum atomic E-state index is -1.25. The topological polar surface area (TPSA) is 67.4 Å². The van der Waals surface area contributed by atoms with E-state index in [1.165, 1.54) is 0 Å². The first-order valence-electron chi connectivity index (χ1n) is 7.35. The number of nitrogens with one attached hydrogen (secondary N) is 2. The molecule has 0 bridgehead atoms. The van der Waals surface area contributed by atoms with Crippen molar-refractivity contribution in [2.45, 2.75) is 13.8 Å². The SMILES string of the molecule is COc1ccc(NC(=O)C(C)(C)C(=O)Nc2ccc(Cl)cc2)cc1. The molecule has 0 fully saturated rings. The molecule has 6 heteroatoms. The van der Waals surface area contributed by atoms with Crippen molar-refractivity contribution >= 4 is 34.8 Å². The van der Waals surface area contributed by atoms with E-state index in [2.05, 4.69) is 10.6 Å². The molecule has 126 valence electrons. The molecule has 0 spiro atoms. The molecule has 2 N–H and O–H groups in total. The summed E-state index contributed by atoms with van der Waals surface area (Å²) in [5.74, 6) is -0.122. The minimum Gasteiger partial charge on any atom is -0.497 e. The smallest absolute Gasteiger partial charge is 0.239 e. The summed E-state index contributed by atoms with van der Waals surface area (Å²) in [7, 11) is 1.57. The van der Waals surface area contributed by atoms with Crippen LogP contribution in [-0.4, -0.2) is 18.9 Å². The fraction of sp³-hybridized carbons (Fsp3) is 0.222. The van der Waals surface area contributed by atoms with E-state index in [9.17, 15) is 9.59 Å². The van der Waals surface area contributed by atoms with Crippen LogP contribution in [0.15, 0.2) is 48.5 Å². The molecule has 0 unspecified atom stereocenters. The van der Waals surface area contributed by atoms with E-state index >= 15 is 0 Å². The predicted octanol–water partition coefficient (Wildman–Crippen LogP) is 3.95.